The zero-order valence-corrected chi connectivity index (χ0v) is 7.51. The average molecular weight is 181 g/mol. The van der Waals surface area contributed by atoms with E-state index >= 15 is 0 Å². The molecule has 2 heteroatoms. The zero-order valence-electron chi connectivity index (χ0n) is 6.75. The molecular weight excluding hydrogens is 172 g/mol. The first-order valence-electron chi connectivity index (χ1n) is 3.62. The van der Waals surface area contributed by atoms with E-state index in [4.69, 9.17) is 11.6 Å². The summed E-state index contributed by atoms with van der Waals surface area (Å²) in [5.74, 6) is 0. The third kappa shape index (κ3) is 2.21. The molecule has 0 atom stereocenters. The van der Waals surface area contributed by atoms with Gasteiger partial charge in [-0.15, -0.1) is 0 Å². The number of aryl methyl sites for hydroxylation is 1. The molecule has 0 N–H and O–H groups in total. The summed E-state index contributed by atoms with van der Waals surface area (Å²) in [6, 6.07) is 5.56. The lowest BCUT2D eigenvalue weighted by Crippen LogP contribution is -1.79. The van der Waals surface area contributed by atoms with E-state index in [0.29, 0.717) is 0 Å². The number of carbonyl (C=O) groups excluding carboxylic acids is 1. The van der Waals surface area contributed by atoms with Gasteiger partial charge in [-0.1, -0.05) is 23.7 Å². The van der Waals surface area contributed by atoms with Crippen LogP contribution in [0.1, 0.15) is 11.1 Å². The van der Waals surface area contributed by atoms with Crippen LogP contribution < -0.4 is 0 Å². The molecule has 0 fully saturated rings. The van der Waals surface area contributed by atoms with Gasteiger partial charge in [0.2, 0.25) is 0 Å². The summed E-state index contributed by atoms with van der Waals surface area (Å²) < 4.78 is 0. The lowest BCUT2D eigenvalue weighted by molar-refractivity contribution is -0.104. The Balaban J connectivity index is 3.01. The van der Waals surface area contributed by atoms with Gasteiger partial charge in [0.05, 0.1) is 0 Å². The molecule has 0 radical (unpaired) electrons. The van der Waals surface area contributed by atoms with Gasteiger partial charge >= 0.3 is 0 Å². The molecule has 0 bridgehead atoms. The van der Waals surface area contributed by atoms with Gasteiger partial charge in [-0.2, -0.15) is 0 Å². The number of rotatable bonds is 2. The van der Waals surface area contributed by atoms with Crippen LogP contribution in [0.5, 0.6) is 0 Å². The SMILES string of the molecule is Cc1cc(Cl)ccc1C=CC=O. The molecule has 0 unspecified atom stereocenters. The van der Waals surface area contributed by atoms with Crippen molar-refractivity contribution in [3.8, 4) is 0 Å². The maximum atomic E-state index is 10.0. The third-order valence-electron chi connectivity index (χ3n) is 1.59. The first kappa shape index (κ1) is 9.01. The smallest absolute Gasteiger partial charge is 0.142 e. The van der Waals surface area contributed by atoms with E-state index in [-0.39, 0.29) is 0 Å². The number of allylic oxidation sites excluding steroid dienone is 1. The average Bonchev–Trinajstić information content (AvgIpc) is 2.03. The molecule has 0 aliphatic heterocycles. The van der Waals surface area contributed by atoms with Gasteiger partial charge in [0, 0.05) is 5.02 Å². The minimum Gasteiger partial charge on any atom is -0.299 e. The summed E-state index contributed by atoms with van der Waals surface area (Å²) >= 11 is 5.76. The maximum Gasteiger partial charge on any atom is 0.142 e. The molecule has 0 aliphatic rings. The predicted octanol–water partition coefficient (Wildman–Crippen LogP) is 2.86. The molecule has 62 valence electrons. The Labute approximate surface area is 76.7 Å². The minimum atomic E-state index is 0.718. The van der Waals surface area contributed by atoms with E-state index in [1.54, 1.807) is 12.1 Å². The topological polar surface area (TPSA) is 17.1 Å². The molecule has 0 amide bonds. The van der Waals surface area contributed by atoms with Crippen molar-refractivity contribution < 1.29 is 4.79 Å². The van der Waals surface area contributed by atoms with E-state index in [1.165, 1.54) is 6.08 Å². The number of carbonyl (C=O) groups is 1. The Morgan fingerprint density at radius 1 is 1.42 bits per heavy atom. The second-order valence-corrected chi connectivity index (χ2v) is 2.93. The quantitative estimate of drug-likeness (QED) is 0.505. The molecule has 0 saturated carbocycles. The fourth-order valence-electron chi connectivity index (χ4n) is 0.969. The first-order valence-corrected chi connectivity index (χ1v) is 4.00. The van der Waals surface area contributed by atoms with Crippen LogP contribution in [0.15, 0.2) is 24.3 Å². The summed E-state index contributed by atoms with van der Waals surface area (Å²) in [5.41, 5.74) is 2.09. The van der Waals surface area contributed by atoms with E-state index < -0.39 is 0 Å². The fourth-order valence-corrected chi connectivity index (χ4v) is 1.20. The lowest BCUT2D eigenvalue weighted by atomic mass is 10.1. The van der Waals surface area contributed by atoms with E-state index in [2.05, 4.69) is 0 Å². The van der Waals surface area contributed by atoms with Crippen LogP contribution in [0.25, 0.3) is 6.08 Å². The molecular formula is C10H9ClO. The van der Waals surface area contributed by atoms with Crippen LogP contribution in [0, 0.1) is 6.92 Å². The van der Waals surface area contributed by atoms with Crippen LogP contribution in [0.3, 0.4) is 0 Å². The highest BCUT2D eigenvalue weighted by molar-refractivity contribution is 6.30. The van der Waals surface area contributed by atoms with Crippen LogP contribution in [0.4, 0.5) is 0 Å². The van der Waals surface area contributed by atoms with Gasteiger partial charge in [0.15, 0.2) is 0 Å². The van der Waals surface area contributed by atoms with Crippen molar-refractivity contribution in [2.24, 2.45) is 0 Å². The summed E-state index contributed by atoms with van der Waals surface area (Å²) in [6.07, 6.45) is 3.99. The monoisotopic (exact) mass is 180 g/mol. The first-order chi connectivity index (χ1) is 5.74. The van der Waals surface area contributed by atoms with E-state index in [9.17, 15) is 4.79 Å². The number of benzene rings is 1. The number of aldehydes is 1. The maximum absolute atomic E-state index is 10.0. The molecule has 1 aromatic carbocycles. The van der Waals surface area contributed by atoms with Gasteiger partial charge in [0.25, 0.3) is 0 Å². The molecule has 1 aromatic rings. The Hall–Kier alpha value is -1.08. The van der Waals surface area contributed by atoms with Crippen molar-refractivity contribution in [1.82, 2.24) is 0 Å². The van der Waals surface area contributed by atoms with Gasteiger partial charge in [-0.05, 0) is 36.3 Å². The molecule has 1 rings (SSSR count). The molecule has 0 spiro atoms. The molecule has 0 aliphatic carbocycles. The van der Waals surface area contributed by atoms with Crippen molar-refractivity contribution in [2.45, 2.75) is 6.92 Å². The third-order valence-corrected chi connectivity index (χ3v) is 1.82. The van der Waals surface area contributed by atoms with E-state index in [1.807, 2.05) is 19.1 Å². The number of hydrogen-bond donors (Lipinski definition) is 0. The number of halogens is 1. The second-order valence-electron chi connectivity index (χ2n) is 2.50. The Kier molecular flexibility index (Phi) is 3.06. The van der Waals surface area contributed by atoms with Gasteiger partial charge in [-0.3, -0.25) is 4.79 Å². The molecule has 0 heterocycles. The number of hydrogen-bond acceptors (Lipinski definition) is 1. The highest BCUT2D eigenvalue weighted by atomic mass is 35.5. The highest BCUT2D eigenvalue weighted by Crippen LogP contribution is 2.15. The van der Waals surface area contributed by atoms with E-state index in [0.717, 1.165) is 22.4 Å². The Bertz CT molecular complexity index is 316. The van der Waals surface area contributed by atoms with Crippen molar-refractivity contribution >= 4 is 24.0 Å². The van der Waals surface area contributed by atoms with Gasteiger partial charge < -0.3 is 0 Å². The van der Waals surface area contributed by atoms with Crippen molar-refractivity contribution in [2.75, 3.05) is 0 Å². The van der Waals surface area contributed by atoms with Gasteiger partial charge in [0.1, 0.15) is 6.29 Å². The Morgan fingerprint density at radius 3 is 2.75 bits per heavy atom. The van der Waals surface area contributed by atoms with Gasteiger partial charge in [-0.25, -0.2) is 0 Å². The van der Waals surface area contributed by atoms with Crippen molar-refractivity contribution in [1.29, 1.82) is 0 Å². The van der Waals surface area contributed by atoms with Crippen LogP contribution in [0.2, 0.25) is 5.02 Å². The molecule has 12 heavy (non-hydrogen) atoms. The summed E-state index contributed by atoms with van der Waals surface area (Å²) in [4.78, 5) is 10.0. The zero-order chi connectivity index (χ0) is 8.97. The van der Waals surface area contributed by atoms with Crippen LogP contribution in [-0.2, 0) is 4.79 Å². The molecule has 1 nitrogen and oxygen atoms in total. The molecule has 0 saturated heterocycles. The fraction of sp³-hybridized carbons (Fsp3) is 0.100. The standard InChI is InChI=1S/C10H9ClO/c1-8-7-10(11)5-4-9(8)3-2-6-12/h2-7H,1H3. The summed E-state index contributed by atoms with van der Waals surface area (Å²) in [6.45, 7) is 1.95. The molecule has 0 aromatic heterocycles. The second kappa shape index (κ2) is 4.07. The largest absolute Gasteiger partial charge is 0.299 e. The Morgan fingerprint density at radius 2 is 2.17 bits per heavy atom. The normalized spacial score (nSPS) is 10.5. The minimum absolute atomic E-state index is 0.718. The highest BCUT2D eigenvalue weighted by Gasteiger charge is 1.93. The summed E-state index contributed by atoms with van der Waals surface area (Å²) in [7, 11) is 0. The van der Waals surface area contributed by atoms with Crippen LogP contribution in [-0.4, -0.2) is 6.29 Å². The summed E-state index contributed by atoms with van der Waals surface area (Å²) in [5, 5.41) is 0.718. The van der Waals surface area contributed by atoms with Crippen LogP contribution >= 0.6 is 11.6 Å². The van der Waals surface area contributed by atoms with Crippen molar-refractivity contribution in [3.63, 3.8) is 0 Å². The predicted molar refractivity (Wildman–Crippen MR) is 51.3 cm³/mol. The lowest BCUT2D eigenvalue weighted by Gasteiger charge is -1.98. The van der Waals surface area contributed by atoms with Crippen molar-refractivity contribution in [3.05, 3.63) is 40.4 Å².